The molecule has 1 aliphatic heterocycles. The number of ether oxygens (including phenoxy) is 1. The minimum Gasteiger partial charge on any atom is -0.444 e. The number of alkyl carbamates (subject to hydrolysis) is 1. The topological polar surface area (TPSA) is 95.1 Å². The first kappa shape index (κ1) is 26.8. The Hall–Kier alpha value is -2.25. The predicted molar refractivity (Wildman–Crippen MR) is 121 cm³/mol. The van der Waals surface area contributed by atoms with Gasteiger partial charge in [-0.3, -0.25) is 9.79 Å². The molecular weight excluding hydrogens is 530 g/mol. The quantitative estimate of drug-likeness (QED) is 0.229. The highest BCUT2D eigenvalue weighted by atomic mass is 127. The highest BCUT2D eigenvalue weighted by Gasteiger charge is 2.28. The molecule has 174 valence electrons. The largest absolute Gasteiger partial charge is 0.444 e. The van der Waals surface area contributed by atoms with E-state index < -0.39 is 40.7 Å². The molecule has 0 spiro atoms. The molecule has 1 aliphatic rings. The van der Waals surface area contributed by atoms with E-state index in [-0.39, 0.29) is 36.6 Å². The standard InChI is InChI=1S/C19H26F3N5O3.HI/c1-19(2,3)30-18(29)25-11-7-8-27(10-11)17(23-4)24-9-14(28)26-13-6-5-12(20)15(21)16(13)22;/h5-6,11H,7-10H2,1-4H3,(H,23,24)(H,25,29)(H,26,28);1H. The first-order valence-corrected chi connectivity index (χ1v) is 9.38. The molecule has 1 saturated heterocycles. The number of nitrogens with one attached hydrogen (secondary N) is 3. The maximum absolute atomic E-state index is 13.7. The summed E-state index contributed by atoms with van der Waals surface area (Å²) in [7, 11) is 1.53. The Morgan fingerprint density at radius 3 is 2.52 bits per heavy atom. The number of benzene rings is 1. The fourth-order valence-electron chi connectivity index (χ4n) is 2.85. The van der Waals surface area contributed by atoms with E-state index in [0.717, 1.165) is 12.1 Å². The Morgan fingerprint density at radius 2 is 1.90 bits per heavy atom. The third-order valence-electron chi connectivity index (χ3n) is 4.14. The summed E-state index contributed by atoms with van der Waals surface area (Å²) in [5, 5.41) is 7.78. The maximum Gasteiger partial charge on any atom is 0.407 e. The first-order valence-electron chi connectivity index (χ1n) is 9.38. The van der Waals surface area contributed by atoms with Gasteiger partial charge in [0.05, 0.1) is 18.3 Å². The molecule has 0 saturated carbocycles. The molecule has 1 atom stereocenters. The number of carbonyl (C=O) groups is 2. The molecule has 1 unspecified atom stereocenters. The van der Waals surface area contributed by atoms with Gasteiger partial charge in [0.15, 0.2) is 23.4 Å². The van der Waals surface area contributed by atoms with Crippen molar-refractivity contribution >= 4 is 47.6 Å². The van der Waals surface area contributed by atoms with Crippen LogP contribution in [0.15, 0.2) is 17.1 Å². The average Bonchev–Trinajstić information content (AvgIpc) is 3.09. The van der Waals surface area contributed by atoms with Crippen molar-refractivity contribution in [3.63, 3.8) is 0 Å². The van der Waals surface area contributed by atoms with Gasteiger partial charge in [0.1, 0.15) is 5.60 Å². The van der Waals surface area contributed by atoms with Gasteiger partial charge in [0.2, 0.25) is 5.91 Å². The number of likely N-dealkylation sites (tertiary alicyclic amines) is 1. The van der Waals surface area contributed by atoms with Crippen molar-refractivity contribution in [1.29, 1.82) is 0 Å². The van der Waals surface area contributed by atoms with Crippen LogP contribution in [0.4, 0.5) is 23.7 Å². The van der Waals surface area contributed by atoms with Crippen LogP contribution in [0, 0.1) is 17.5 Å². The molecule has 0 aromatic heterocycles. The van der Waals surface area contributed by atoms with Crippen molar-refractivity contribution in [1.82, 2.24) is 15.5 Å². The number of anilines is 1. The fourth-order valence-corrected chi connectivity index (χ4v) is 2.85. The van der Waals surface area contributed by atoms with Crippen LogP contribution in [0.1, 0.15) is 27.2 Å². The third kappa shape index (κ3) is 8.07. The molecule has 12 heteroatoms. The lowest BCUT2D eigenvalue weighted by Gasteiger charge is -2.23. The fraction of sp³-hybridized carbons (Fsp3) is 0.526. The van der Waals surface area contributed by atoms with Crippen LogP contribution in [0.25, 0.3) is 0 Å². The van der Waals surface area contributed by atoms with Crippen molar-refractivity contribution < 1.29 is 27.5 Å². The van der Waals surface area contributed by atoms with Gasteiger partial charge in [0, 0.05) is 20.1 Å². The van der Waals surface area contributed by atoms with Crippen LogP contribution < -0.4 is 16.0 Å². The Bertz CT molecular complexity index is 833. The second-order valence-corrected chi connectivity index (χ2v) is 7.75. The molecule has 3 N–H and O–H groups in total. The van der Waals surface area contributed by atoms with Crippen molar-refractivity contribution in [2.75, 3.05) is 32.0 Å². The van der Waals surface area contributed by atoms with Gasteiger partial charge in [-0.25, -0.2) is 18.0 Å². The van der Waals surface area contributed by atoms with Crippen LogP contribution in [0.3, 0.4) is 0 Å². The van der Waals surface area contributed by atoms with E-state index in [2.05, 4.69) is 20.9 Å². The van der Waals surface area contributed by atoms with Gasteiger partial charge in [-0.2, -0.15) is 0 Å². The van der Waals surface area contributed by atoms with Gasteiger partial charge in [-0.15, -0.1) is 24.0 Å². The van der Waals surface area contributed by atoms with Crippen molar-refractivity contribution in [2.45, 2.75) is 38.8 Å². The molecule has 1 fully saturated rings. The number of aliphatic imine (C=N–C) groups is 1. The van der Waals surface area contributed by atoms with E-state index in [1.165, 1.54) is 7.05 Å². The van der Waals surface area contributed by atoms with Crippen LogP contribution in [0.2, 0.25) is 0 Å². The highest BCUT2D eigenvalue weighted by Crippen LogP contribution is 2.19. The minimum absolute atomic E-state index is 0. The number of guanidine groups is 1. The van der Waals surface area contributed by atoms with Crippen molar-refractivity contribution in [3.8, 4) is 0 Å². The van der Waals surface area contributed by atoms with Gasteiger partial charge in [-0.05, 0) is 39.3 Å². The Balaban J connectivity index is 0.00000480. The van der Waals surface area contributed by atoms with Crippen LogP contribution in [-0.2, 0) is 9.53 Å². The molecule has 1 heterocycles. The van der Waals surface area contributed by atoms with Crippen molar-refractivity contribution in [2.24, 2.45) is 4.99 Å². The third-order valence-corrected chi connectivity index (χ3v) is 4.14. The molecular formula is C19H27F3IN5O3. The Morgan fingerprint density at radius 1 is 1.23 bits per heavy atom. The summed E-state index contributed by atoms with van der Waals surface area (Å²) in [5.41, 5.74) is -1.06. The molecule has 0 aliphatic carbocycles. The highest BCUT2D eigenvalue weighted by molar-refractivity contribution is 14.0. The monoisotopic (exact) mass is 557 g/mol. The first-order chi connectivity index (χ1) is 14.0. The minimum atomic E-state index is -1.66. The second kappa shape index (κ2) is 11.4. The summed E-state index contributed by atoms with van der Waals surface area (Å²) in [4.78, 5) is 29.9. The second-order valence-electron chi connectivity index (χ2n) is 7.75. The number of nitrogens with zero attached hydrogens (tertiary/aromatic N) is 2. The Labute approximate surface area is 196 Å². The van der Waals surface area contributed by atoms with E-state index in [1.54, 1.807) is 20.8 Å². The number of carbonyl (C=O) groups excluding carboxylic acids is 2. The summed E-state index contributed by atoms with van der Waals surface area (Å²) in [6, 6.07) is 1.51. The average molecular weight is 557 g/mol. The van der Waals surface area contributed by atoms with E-state index in [0.29, 0.717) is 25.5 Å². The van der Waals surface area contributed by atoms with E-state index in [9.17, 15) is 22.8 Å². The van der Waals surface area contributed by atoms with Gasteiger partial charge < -0.3 is 25.6 Å². The lowest BCUT2D eigenvalue weighted by Crippen LogP contribution is -2.45. The van der Waals surface area contributed by atoms with Gasteiger partial charge in [0.25, 0.3) is 0 Å². The summed E-state index contributed by atoms with van der Waals surface area (Å²) in [5.74, 6) is -4.72. The van der Waals surface area contributed by atoms with Gasteiger partial charge in [-0.1, -0.05) is 0 Å². The van der Waals surface area contributed by atoms with E-state index in [4.69, 9.17) is 4.74 Å². The smallest absolute Gasteiger partial charge is 0.407 e. The van der Waals surface area contributed by atoms with Crippen molar-refractivity contribution in [3.05, 3.63) is 29.6 Å². The zero-order valence-corrected chi connectivity index (χ0v) is 20.1. The number of hydrogen-bond donors (Lipinski definition) is 3. The molecule has 31 heavy (non-hydrogen) atoms. The van der Waals surface area contributed by atoms with Gasteiger partial charge >= 0.3 is 6.09 Å². The molecule has 1 aromatic carbocycles. The Kier molecular flexibility index (Phi) is 9.84. The maximum atomic E-state index is 13.7. The van der Waals surface area contributed by atoms with Crippen LogP contribution in [-0.4, -0.2) is 61.2 Å². The summed E-state index contributed by atoms with van der Waals surface area (Å²) >= 11 is 0. The summed E-state index contributed by atoms with van der Waals surface area (Å²) < 4.78 is 45.1. The lowest BCUT2D eigenvalue weighted by atomic mass is 10.2. The SMILES string of the molecule is CN=C(NCC(=O)Nc1ccc(F)c(F)c1F)N1CCC(NC(=O)OC(C)(C)C)C1.I. The number of hydrogen-bond acceptors (Lipinski definition) is 4. The summed E-state index contributed by atoms with van der Waals surface area (Å²) in [6.45, 7) is 6.09. The number of halogens is 4. The summed E-state index contributed by atoms with van der Waals surface area (Å²) in [6.07, 6.45) is 0.150. The molecule has 2 rings (SSSR count). The molecule has 0 bridgehead atoms. The van der Waals surface area contributed by atoms with E-state index >= 15 is 0 Å². The molecule has 1 aromatic rings. The zero-order chi connectivity index (χ0) is 22.5. The predicted octanol–water partition coefficient (Wildman–Crippen LogP) is 2.83. The number of amides is 2. The van der Waals surface area contributed by atoms with E-state index in [1.807, 2.05) is 4.90 Å². The lowest BCUT2D eigenvalue weighted by molar-refractivity contribution is -0.115. The van der Waals surface area contributed by atoms with Crippen LogP contribution in [0.5, 0.6) is 0 Å². The molecule has 2 amide bonds. The zero-order valence-electron chi connectivity index (χ0n) is 17.7. The normalized spacial score (nSPS) is 16.4. The number of rotatable bonds is 4. The van der Waals surface area contributed by atoms with Crippen LogP contribution >= 0.6 is 24.0 Å². The molecule has 0 radical (unpaired) electrons. The molecule has 8 nitrogen and oxygen atoms in total.